The van der Waals surface area contributed by atoms with Crippen LogP contribution in [0, 0.1) is 0 Å². The van der Waals surface area contributed by atoms with Crippen LogP contribution in [0.4, 0.5) is 0 Å². The van der Waals surface area contributed by atoms with Gasteiger partial charge in [0.2, 0.25) is 0 Å². The van der Waals surface area contributed by atoms with Gasteiger partial charge in [0.1, 0.15) is 6.61 Å². The van der Waals surface area contributed by atoms with E-state index in [1.165, 1.54) is 135 Å². The van der Waals surface area contributed by atoms with Crippen LogP contribution in [0.15, 0.2) is 24.3 Å². The van der Waals surface area contributed by atoms with E-state index >= 15 is 0 Å². The van der Waals surface area contributed by atoms with Crippen molar-refractivity contribution in [1.29, 1.82) is 0 Å². The van der Waals surface area contributed by atoms with E-state index in [9.17, 15) is 19.5 Å². The number of carbonyl (C=O) groups is 3. The largest absolute Gasteiger partial charge is 0.477 e. The lowest BCUT2D eigenvalue weighted by Crippen LogP contribution is -2.50. The summed E-state index contributed by atoms with van der Waals surface area (Å²) in [4.78, 5) is 37.1. The summed E-state index contributed by atoms with van der Waals surface area (Å²) in [5.41, 5.74) is 0. The molecule has 0 aliphatic heterocycles. The standard InChI is InChI=1S/C49H91NO7/c1-6-8-10-12-14-16-18-20-22-24-26-28-30-32-34-36-38-40-48(52)57-45(43-55-42-41-46(49(53)54)50(3,4)5)44-56-47(51)39-37-35-33-31-29-27-25-23-21-19-17-15-13-11-9-7-2/h14,16,20,22,45-46H,6-13,15,17-19,21,23-44H2,1-5H3/p+1/b16-14-,22-20-. The summed E-state index contributed by atoms with van der Waals surface area (Å²) in [6.07, 6.45) is 45.0. The quantitative estimate of drug-likeness (QED) is 0.0283. The van der Waals surface area contributed by atoms with Crippen molar-refractivity contribution in [3.8, 4) is 0 Å². The number of aliphatic carboxylic acids is 1. The predicted molar refractivity (Wildman–Crippen MR) is 238 cm³/mol. The van der Waals surface area contributed by atoms with Crippen LogP contribution >= 0.6 is 0 Å². The lowest BCUT2D eigenvalue weighted by molar-refractivity contribution is -0.887. The fraction of sp³-hybridized carbons (Fsp3) is 0.857. The Bertz CT molecular complexity index is 989. The average Bonchev–Trinajstić information content (AvgIpc) is 3.17. The van der Waals surface area contributed by atoms with Crippen molar-refractivity contribution in [2.45, 2.75) is 231 Å². The Hall–Kier alpha value is -2.19. The maximum Gasteiger partial charge on any atom is 0.362 e. The smallest absolute Gasteiger partial charge is 0.362 e. The van der Waals surface area contributed by atoms with Crippen molar-refractivity contribution in [1.82, 2.24) is 0 Å². The first kappa shape index (κ1) is 54.8. The summed E-state index contributed by atoms with van der Waals surface area (Å²) in [6, 6.07) is -0.613. The van der Waals surface area contributed by atoms with Crippen molar-refractivity contribution in [3.05, 3.63) is 24.3 Å². The van der Waals surface area contributed by atoms with Gasteiger partial charge >= 0.3 is 17.9 Å². The molecule has 57 heavy (non-hydrogen) atoms. The summed E-state index contributed by atoms with van der Waals surface area (Å²) < 4.78 is 17.3. The number of hydrogen-bond donors (Lipinski definition) is 1. The normalized spacial score (nSPS) is 13.1. The molecule has 0 spiro atoms. The molecule has 2 atom stereocenters. The summed E-state index contributed by atoms with van der Waals surface area (Å²) in [5.74, 6) is -1.46. The molecule has 0 aromatic heterocycles. The Kier molecular flexibility index (Phi) is 39.0. The van der Waals surface area contributed by atoms with E-state index in [2.05, 4.69) is 38.2 Å². The molecular formula is C49H92NO7+. The minimum absolute atomic E-state index is 0.0495. The molecule has 0 heterocycles. The van der Waals surface area contributed by atoms with E-state index in [0.29, 0.717) is 19.3 Å². The Labute approximate surface area is 351 Å². The highest BCUT2D eigenvalue weighted by Crippen LogP contribution is 2.16. The minimum Gasteiger partial charge on any atom is -0.477 e. The number of hydrogen-bond acceptors (Lipinski definition) is 6. The van der Waals surface area contributed by atoms with E-state index in [4.69, 9.17) is 14.2 Å². The molecule has 0 saturated carbocycles. The van der Waals surface area contributed by atoms with Crippen molar-refractivity contribution in [3.63, 3.8) is 0 Å². The monoisotopic (exact) mass is 807 g/mol. The second kappa shape index (κ2) is 40.6. The van der Waals surface area contributed by atoms with Crippen LogP contribution < -0.4 is 0 Å². The molecule has 0 saturated heterocycles. The molecule has 0 fully saturated rings. The molecule has 0 aliphatic carbocycles. The molecule has 0 aromatic rings. The fourth-order valence-electron chi connectivity index (χ4n) is 7.12. The Morgan fingerprint density at radius 1 is 0.526 bits per heavy atom. The third kappa shape index (κ3) is 39.1. The zero-order chi connectivity index (χ0) is 42.1. The molecule has 0 rings (SSSR count). The van der Waals surface area contributed by atoms with Gasteiger partial charge in [-0.25, -0.2) is 4.79 Å². The number of allylic oxidation sites excluding steroid dienone is 4. The Morgan fingerprint density at radius 2 is 0.930 bits per heavy atom. The van der Waals surface area contributed by atoms with Crippen molar-refractivity contribution >= 4 is 17.9 Å². The number of likely N-dealkylation sites (N-methyl/N-ethyl adjacent to an activating group) is 1. The van der Waals surface area contributed by atoms with Gasteiger partial charge in [0.15, 0.2) is 12.1 Å². The van der Waals surface area contributed by atoms with E-state index in [0.717, 1.165) is 51.4 Å². The van der Waals surface area contributed by atoms with Crippen LogP contribution in [0.5, 0.6) is 0 Å². The summed E-state index contributed by atoms with van der Waals surface area (Å²) >= 11 is 0. The molecular weight excluding hydrogens is 715 g/mol. The molecule has 0 aliphatic rings. The number of esters is 2. The topological polar surface area (TPSA) is 99.1 Å². The molecule has 8 nitrogen and oxygen atoms in total. The van der Waals surface area contributed by atoms with Crippen LogP contribution in [-0.4, -0.2) is 80.6 Å². The zero-order valence-corrected chi connectivity index (χ0v) is 38.1. The number of unbranched alkanes of at least 4 members (excludes halogenated alkanes) is 25. The maximum absolute atomic E-state index is 12.7. The Balaban J connectivity index is 4.29. The third-order valence-electron chi connectivity index (χ3n) is 10.9. The van der Waals surface area contributed by atoms with Gasteiger partial charge in [-0.3, -0.25) is 9.59 Å². The van der Waals surface area contributed by atoms with E-state index in [1.54, 1.807) is 0 Å². The van der Waals surface area contributed by atoms with Crippen LogP contribution in [0.2, 0.25) is 0 Å². The summed E-state index contributed by atoms with van der Waals surface area (Å²) in [7, 11) is 5.53. The van der Waals surface area contributed by atoms with Crippen LogP contribution in [0.25, 0.3) is 0 Å². The van der Waals surface area contributed by atoms with E-state index in [-0.39, 0.29) is 36.2 Å². The SMILES string of the molecule is CCCCC/C=C\C/C=C\CCCCCCCCCC(=O)OC(COCCC(C(=O)O)[N+](C)(C)C)COC(=O)CCCCCCCCCCCCCCCCCC. The molecule has 0 amide bonds. The van der Waals surface area contributed by atoms with Crippen LogP contribution in [0.1, 0.15) is 219 Å². The highest BCUT2D eigenvalue weighted by Gasteiger charge is 2.31. The number of carboxylic acid groups (broad SMARTS) is 1. The molecule has 0 aromatic carbocycles. The first-order valence-electron chi connectivity index (χ1n) is 23.9. The number of carbonyl (C=O) groups excluding carboxylic acids is 2. The average molecular weight is 807 g/mol. The molecule has 334 valence electrons. The second-order valence-electron chi connectivity index (χ2n) is 17.4. The molecule has 8 heteroatoms. The van der Waals surface area contributed by atoms with Gasteiger partial charge in [0, 0.05) is 19.3 Å². The lowest BCUT2D eigenvalue weighted by atomic mass is 10.0. The molecule has 2 unspecified atom stereocenters. The lowest BCUT2D eigenvalue weighted by Gasteiger charge is -2.31. The maximum atomic E-state index is 12.7. The number of rotatable bonds is 43. The van der Waals surface area contributed by atoms with Gasteiger partial charge in [-0.1, -0.05) is 179 Å². The highest BCUT2D eigenvalue weighted by atomic mass is 16.6. The fourth-order valence-corrected chi connectivity index (χ4v) is 7.12. The molecule has 1 N–H and O–H groups in total. The van der Waals surface area contributed by atoms with Crippen molar-refractivity contribution in [2.24, 2.45) is 0 Å². The van der Waals surface area contributed by atoms with Gasteiger partial charge in [0.05, 0.1) is 34.4 Å². The first-order valence-corrected chi connectivity index (χ1v) is 23.9. The van der Waals surface area contributed by atoms with Crippen molar-refractivity contribution in [2.75, 3.05) is 41.0 Å². The van der Waals surface area contributed by atoms with Gasteiger partial charge in [-0.2, -0.15) is 0 Å². The van der Waals surface area contributed by atoms with Gasteiger partial charge in [0.25, 0.3) is 0 Å². The number of quaternary nitrogens is 1. The van der Waals surface area contributed by atoms with Crippen LogP contribution in [-0.2, 0) is 28.6 Å². The first-order chi connectivity index (χ1) is 27.6. The van der Waals surface area contributed by atoms with Crippen molar-refractivity contribution < 1.29 is 38.2 Å². The van der Waals surface area contributed by atoms with Gasteiger partial charge < -0.3 is 23.8 Å². The van der Waals surface area contributed by atoms with Crippen LogP contribution in [0.3, 0.4) is 0 Å². The molecule has 0 radical (unpaired) electrons. The number of nitrogens with zero attached hydrogens (tertiary/aromatic N) is 1. The minimum atomic E-state index is -0.874. The van der Waals surface area contributed by atoms with Gasteiger partial charge in [-0.15, -0.1) is 0 Å². The predicted octanol–water partition coefficient (Wildman–Crippen LogP) is 13.3. The van der Waals surface area contributed by atoms with Gasteiger partial charge in [-0.05, 0) is 44.9 Å². The third-order valence-corrected chi connectivity index (χ3v) is 10.9. The summed E-state index contributed by atoms with van der Waals surface area (Å²) in [5, 5.41) is 9.63. The Morgan fingerprint density at radius 3 is 1.39 bits per heavy atom. The summed E-state index contributed by atoms with van der Waals surface area (Å²) in [6.45, 7) is 4.73. The second-order valence-corrected chi connectivity index (χ2v) is 17.4. The number of carboxylic acids is 1. The zero-order valence-electron chi connectivity index (χ0n) is 38.1. The number of ether oxygens (including phenoxy) is 3. The van der Waals surface area contributed by atoms with E-state index < -0.39 is 18.1 Å². The molecule has 0 bridgehead atoms. The van der Waals surface area contributed by atoms with E-state index in [1.807, 2.05) is 21.1 Å². The highest BCUT2D eigenvalue weighted by molar-refractivity contribution is 5.72.